The topological polar surface area (TPSA) is 118 Å². The Morgan fingerprint density at radius 2 is 2.04 bits per heavy atom. The van der Waals surface area contributed by atoms with Gasteiger partial charge in [-0.25, -0.2) is 9.50 Å². The number of carbonyl (C=O) groups excluding carboxylic acids is 1. The number of nitrogens with two attached hydrogens (primary N) is 1. The number of fused-ring (bicyclic) bond motifs is 1. The van der Waals surface area contributed by atoms with Crippen LogP contribution < -0.4 is 11.1 Å². The molecule has 1 saturated carbocycles. The highest BCUT2D eigenvalue weighted by molar-refractivity contribution is 6.05. The monoisotopic (exact) mass is 366 g/mol. The van der Waals surface area contributed by atoms with Crippen molar-refractivity contribution in [2.75, 3.05) is 5.73 Å². The highest BCUT2D eigenvalue weighted by Crippen LogP contribution is 2.28. The lowest BCUT2D eigenvalue weighted by Gasteiger charge is -2.16. The number of hydrogen-bond donors (Lipinski definition) is 3. The number of nitrogens with zero attached hydrogens (tertiary/aromatic N) is 4. The summed E-state index contributed by atoms with van der Waals surface area (Å²) in [5.41, 5.74) is 8.65. The van der Waals surface area contributed by atoms with Crippen LogP contribution in [0.25, 0.3) is 16.8 Å². The van der Waals surface area contributed by atoms with Gasteiger partial charge in [0, 0.05) is 24.0 Å². The fraction of sp³-hybridized carbons (Fsp3) is 0.368. The van der Waals surface area contributed by atoms with Gasteiger partial charge >= 0.3 is 0 Å². The van der Waals surface area contributed by atoms with Crippen LogP contribution >= 0.6 is 0 Å². The van der Waals surface area contributed by atoms with E-state index in [1.807, 2.05) is 12.1 Å². The maximum atomic E-state index is 13.0. The number of pyridine rings is 1. The zero-order valence-electron chi connectivity index (χ0n) is 14.9. The lowest BCUT2D eigenvalue weighted by atomic mass is 10.1. The normalized spacial score (nSPS) is 20.3. The Balaban J connectivity index is 1.70. The fourth-order valence-corrected chi connectivity index (χ4v) is 3.66. The second-order valence-corrected chi connectivity index (χ2v) is 6.92. The van der Waals surface area contributed by atoms with Gasteiger partial charge in [0.25, 0.3) is 5.91 Å². The molecule has 3 heterocycles. The van der Waals surface area contributed by atoms with Crippen molar-refractivity contribution in [2.45, 2.75) is 44.2 Å². The molecule has 0 aliphatic heterocycles. The van der Waals surface area contributed by atoms with Crippen molar-refractivity contribution in [3.05, 3.63) is 42.5 Å². The number of aliphatic hydroxyl groups is 1. The van der Waals surface area contributed by atoms with Crippen LogP contribution in [0.4, 0.5) is 5.82 Å². The van der Waals surface area contributed by atoms with Gasteiger partial charge in [-0.1, -0.05) is 0 Å². The van der Waals surface area contributed by atoms with Crippen molar-refractivity contribution < 1.29 is 9.90 Å². The molecule has 3 aromatic heterocycles. The van der Waals surface area contributed by atoms with Crippen LogP contribution in [-0.2, 0) is 0 Å². The van der Waals surface area contributed by atoms with Crippen molar-refractivity contribution in [3.8, 4) is 11.3 Å². The van der Waals surface area contributed by atoms with Gasteiger partial charge in [0.2, 0.25) is 0 Å². The molecule has 2 atom stereocenters. The number of hydrogen-bond acceptors (Lipinski definition) is 6. The van der Waals surface area contributed by atoms with E-state index < -0.39 is 0 Å². The van der Waals surface area contributed by atoms with E-state index in [2.05, 4.69) is 20.4 Å². The van der Waals surface area contributed by atoms with Crippen LogP contribution in [0.1, 0.15) is 42.5 Å². The molecule has 1 aliphatic carbocycles. The smallest absolute Gasteiger partial charge is 0.253 e. The SMILES string of the molecule is Nc1ncnn2c(-c3ccncc3)cc(C(=O)N[C@@H]3CCC[C@H](O)CC3)c12. The van der Waals surface area contributed by atoms with E-state index >= 15 is 0 Å². The molecule has 4 rings (SSSR count). The highest BCUT2D eigenvalue weighted by atomic mass is 16.3. The van der Waals surface area contributed by atoms with Crippen molar-refractivity contribution in [2.24, 2.45) is 0 Å². The molecule has 1 amide bonds. The molecular weight excluding hydrogens is 344 g/mol. The Morgan fingerprint density at radius 3 is 2.85 bits per heavy atom. The van der Waals surface area contributed by atoms with Crippen molar-refractivity contribution >= 4 is 17.2 Å². The maximum absolute atomic E-state index is 13.0. The molecule has 0 spiro atoms. The molecular formula is C19H22N6O2. The van der Waals surface area contributed by atoms with Gasteiger partial charge in [-0.2, -0.15) is 5.10 Å². The van der Waals surface area contributed by atoms with Crippen LogP contribution in [0.2, 0.25) is 0 Å². The third-order valence-electron chi connectivity index (χ3n) is 5.08. The van der Waals surface area contributed by atoms with Crippen LogP contribution in [0.15, 0.2) is 36.9 Å². The van der Waals surface area contributed by atoms with Crippen molar-refractivity contribution in [1.29, 1.82) is 0 Å². The zero-order chi connectivity index (χ0) is 18.8. The summed E-state index contributed by atoms with van der Waals surface area (Å²) in [5.74, 6) is 0.0578. The minimum absolute atomic E-state index is 0.0415. The van der Waals surface area contributed by atoms with Gasteiger partial charge in [0.1, 0.15) is 11.8 Å². The van der Waals surface area contributed by atoms with E-state index in [4.69, 9.17) is 5.73 Å². The standard InChI is InChI=1S/C19H22N6O2/c20-18-17-15(19(27)24-13-2-1-3-14(26)5-4-13)10-16(25(17)23-11-22-18)12-6-8-21-9-7-12/h6-11,13-14,26H,1-5H2,(H,24,27)(H2,20,22,23)/t13-,14+/m1/s1. The minimum Gasteiger partial charge on any atom is -0.393 e. The van der Waals surface area contributed by atoms with Crippen molar-refractivity contribution in [1.82, 2.24) is 24.9 Å². The first kappa shape index (κ1) is 17.4. The van der Waals surface area contributed by atoms with Crippen LogP contribution in [0.3, 0.4) is 0 Å². The largest absolute Gasteiger partial charge is 0.393 e. The Kier molecular flexibility index (Phi) is 4.72. The third kappa shape index (κ3) is 3.48. The van der Waals surface area contributed by atoms with E-state index in [0.717, 1.165) is 36.9 Å². The van der Waals surface area contributed by atoms with Gasteiger partial charge in [-0.3, -0.25) is 9.78 Å². The van der Waals surface area contributed by atoms with Crippen LogP contribution in [0, 0.1) is 0 Å². The summed E-state index contributed by atoms with van der Waals surface area (Å²) in [6, 6.07) is 5.54. The van der Waals surface area contributed by atoms with Crippen LogP contribution in [-0.4, -0.2) is 42.7 Å². The van der Waals surface area contributed by atoms with E-state index in [-0.39, 0.29) is 23.9 Å². The number of rotatable bonds is 3. The number of aliphatic hydroxyl groups excluding tert-OH is 1. The molecule has 0 aromatic carbocycles. The lowest BCUT2D eigenvalue weighted by molar-refractivity contribution is 0.0932. The summed E-state index contributed by atoms with van der Waals surface area (Å²) < 4.78 is 1.64. The molecule has 0 bridgehead atoms. The van der Waals surface area contributed by atoms with Gasteiger partial charge in [-0.15, -0.1) is 0 Å². The molecule has 27 heavy (non-hydrogen) atoms. The molecule has 1 fully saturated rings. The molecule has 0 radical (unpaired) electrons. The number of aromatic nitrogens is 4. The molecule has 0 unspecified atom stereocenters. The average Bonchev–Trinajstić information content (AvgIpc) is 2.96. The maximum Gasteiger partial charge on any atom is 0.253 e. The predicted molar refractivity (Wildman–Crippen MR) is 101 cm³/mol. The van der Waals surface area contributed by atoms with Crippen molar-refractivity contribution in [3.63, 3.8) is 0 Å². The summed E-state index contributed by atoms with van der Waals surface area (Å²) in [5, 5.41) is 17.2. The fourth-order valence-electron chi connectivity index (χ4n) is 3.66. The van der Waals surface area contributed by atoms with Gasteiger partial charge in [-0.05, 0) is 50.3 Å². The Bertz CT molecular complexity index is 955. The van der Waals surface area contributed by atoms with Gasteiger partial charge < -0.3 is 16.2 Å². The number of nitrogens with one attached hydrogen (secondary N) is 1. The number of nitrogen functional groups attached to an aromatic ring is 1. The average molecular weight is 366 g/mol. The zero-order valence-corrected chi connectivity index (χ0v) is 14.9. The Hall–Kier alpha value is -3.00. The molecule has 140 valence electrons. The van der Waals surface area contributed by atoms with Gasteiger partial charge in [0.05, 0.1) is 17.4 Å². The quantitative estimate of drug-likeness (QED) is 0.608. The summed E-state index contributed by atoms with van der Waals surface area (Å²) in [7, 11) is 0. The van der Waals surface area contributed by atoms with Crippen LogP contribution in [0.5, 0.6) is 0 Å². The summed E-state index contributed by atoms with van der Waals surface area (Å²) >= 11 is 0. The summed E-state index contributed by atoms with van der Waals surface area (Å²) in [6.45, 7) is 0. The number of carbonyl (C=O) groups is 1. The lowest BCUT2D eigenvalue weighted by Crippen LogP contribution is -2.34. The molecule has 4 N–H and O–H groups in total. The minimum atomic E-state index is -0.274. The summed E-state index contributed by atoms with van der Waals surface area (Å²) in [6.07, 6.45) is 8.50. The van der Waals surface area contributed by atoms with E-state index in [1.54, 1.807) is 23.0 Å². The molecule has 8 heteroatoms. The molecule has 1 aliphatic rings. The molecule has 8 nitrogen and oxygen atoms in total. The molecule has 0 saturated heterocycles. The second kappa shape index (κ2) is 7.32. The predicted octanol–water partition coefficient (Wildman–Crippen LogP) is 1.80. The summed E-state index contributed by atoms with van der Waals surface area (Å²) in [4.78, 5) is 21.1. The second-order valence-electron chi connectivity index (χ2n) is 6.92. The first-order valence-corrected chi connectivity index (χ1v) is 9.15. The van der Waals surface area contributed by atoms with Gasteiger partial charge in [0.15, 0.2) is 5.82 Å². The Morgan fingerprint density at radius 1 is 1.22 bits per heavy atom. The highest BCUT2D eigenvalue weighted by Gasteiger charge is 2.24. The van der Waals surface area contributed by atoms with E-state index in [0.29, 0.717) is 17.5 Å². The van der Waals surface area contributed by atoms with E-state index in [9.17, 15) is 9.90 Å². The number of anilines is 1. The molecule has 3 aromatic rings. The Labute approximate surface area is 156 Å². The first-order chi connectivity index (χ1) is 13.1. The third-order valence-corrected chi connectivity index (χ3v) is 5.08. The van der Waals surface area contributed by atoms with E-state index in [1.165, 1.54) is 6.33 Å². The first-order valence-electron chi connectivity index (χ1n) is 9.15. The number of amides is 1.